The number of phenols is 1. The normalized spacial score (nSPS) is 10.1. The van der Waals surface area contributed by atoms with Gasteiger partial charge in [0.15, 0.2) is 0 Å². The van der Waals surface area contributed by atoms with Gasteiger partial charge in [-0.15, -0.1) is 0 Å². The first-order valence-electron chi connectivity index (χ1n) is 5.42. The van der Waals surface area contributed by atoms with Crippen molar-refractivity contribution in [1.29, 1.82) is 0 Å². The van der Waals surface area contributed by atoms with Crippen LogP contribution in [0.2, 0.25) is 0 Å². The van der Waals surface area contributed by atoms with E-state index >= 15 is 0 Å². The number of benzene rings is 2. The van der Waals surface area contributed by atoms with Crippen LogP contribution in [0.25, 0.3) is 0 Å². The average molecular weight is 338 g/mol. The molecule has 0 heterocycles. The molecule has 6 nitrogen and oxygen atoms in total. The molecule has 0 amide bonds. The Kier molecular flexibility index (Phi) is 3.99. The average Bonchev–Trinajstić information content (AvgIpc) is 2.41. The third-order valence-electron chi connectivity index (χ3n) is 2.42. The molecule has 0 saturated heterocycles. The predicted octanol–water partition coefficient (Wildman–Crippen LogP) is 3.28. The lowest BCUT2D eigenvalue weighted by atomic mass is 10.2. The Hall–Kier alpha value is -2.41. The van der Waals surface area contributed by atoms with E-state index in [1.54, 1.807) is 6.07 Å². The third kappa shape index (κ3) is 3.12. The number of carbonyl (C=O) groups excluding carboxylic acids is 1. The van der Waals surface area contributed by atoms with Crippen molar-refractivity contribution in [2.75, 3.05) is 0 Å². The molecule has 0 radical (unpaired) electrons. The van der Waals surface area contributed by atoms with Gasteiger partial charge in [0.05, 0.1) is 11.0 Å². The van der Waals surface area contributed by atoms with Crippen LogP contribution < -0.4 is 4.74 Å². The zero-order valence-corrected chi connectivity index (χ0v) is 11.5. The van der Waals surface area contributed by atoms with Crippen molar-refractivity contribution < 1.29 is 19.6 Å². The summed E-state index contributed by atoms with van der Waals surface area (Å²) in [4.78, 5) is 21.9. The highest BCUT2D eigenvalue weighted by Crippen LogP contribution is 2.25. The van der Waals surface area contributed by atoms with Crippen molar-refractivity contribution in [2.45, 2.75) is 0 Å². The molecule has 2 aromatic rings. The van der Waals surface area contributed by atoms with Gasteiger partial charge < -0.3 is 9.84 Å². The van der Waals surface area contributed by atoms with E-state index in [0.717, 1.165) is 6.07 Å². The fourth-order valence-electron chi connectivity index (χ4n) is 1.49. The Balaban J connectivity index is 2.25. The van der Waals surface area contributed by atoms with Gasteiger partial charge in [-0.2, -0.15) is 0 Å². The molecule has 7 heteroatoms. The number of aromatic hydroxyl groups is 1. The van der Waals surface area contributed by atoms with Crippen LogP contribution in [-0.2, 0) is 0 Å². The number of hydrogen-bond donors (Lipinski definition) is 1. The molecule has 2 rings (SSSR count). The van der Waals surface area contributed by atoms with Crippen LogP contribution in [0, 0.1) is 10.1 Å². The number of phenolic OH excluding ortho intramolecular Hbond substituents is 1. The second-order valence-electron chi connectivity index (χ2n) is 3.81. The molecular weight excluding hydrogens is 330 g/mol. The summed E-state index contributed by atoms with van der Waals surface area (Å²) in [7, 11) is 0. The minimum Gasteiger partial charge on any atom is -0.507 e. The molecule has 102 valence electrons. The monoisotopic (exact) mass is 337 g/mol. The first-order chi connectivity index (χ1) is 9.47. The summed E-state index contributed by atoms with van der Waals surface area (Å²) < 4.78 is 5.60. The van der Waals surface area contributed by atoms with Crippen molar-refractivity contribution in [2.24, 2.45) is 0 Å². The summed E-state index contributed by atoms with van der Waals surface area (Å²) in [5.74, 6) is -1.00. The van der Waals surface area contributed by atoms with Gasteiger partial charge in [-0.05, 0) is 24.3 Å². The van der Waals surface area contributed by atoms with Crippen molar-refractivity contribution in [3.8, 4) is 11.5 Å². The second-order valence-corrected chi connectivity index (χ2v) is 4.72. The maximum atomic E-state index is 11.9. The number of halogens is 1. The molecule has 2 aromatic carbocycles. The Morgan fingerprint density at radius 2 is 2.00 bits per heavy atom. The van der Waals surface area contributed by atoms with Crippen LogP contribution in [0.4, 0.5) is 5.69 Å². The largest absolute Gasteiger partial charge is 0.507 e. The molecule has 0 atom stereocenters. The molecule has 0 aromatic heterocycles. The summed E-state index contributed by atoms with van der Waals surface area (Å²) in [5, 5.41) is 20.2. The molecule has 0 saturated carbocycles. The van der Waals surface area contributed by atoms with Gasteiger partial charge in [-0.3, -0.25) is 10.1 Å². The summed E-state index contributed by atoms with van der Waals surface area (Å²) >= 11 is 3.17. The number of nitro benzene ring substituents is 1. The van der Waals surface area contributed by atoms with E-state index in [2.05, 4.69) is 15.9 Å². The number of non-ortho nitro benzene ring substituents is 1. The summed E-state index contributed by atoms with van der Waals surface area (Å²) in [6.45, 7) is 0. The van der Waals surface area contributed by atoms with E-state index in [-0.39, 0.29) is 22.7 Å². The smallest absolute Gasteiger partial charge is 0.347 e. The van der Waals surface area contributed by atoms with Crippen LogP contribution >= 0.6 is 15.9 Å². The molecule has 0 unspecified atom stereocenters. The van der Waals surface area contributed by atoms with Crippen LogP contribution in [-0.4, -0.2) is 16.0 Å². The van der Waals surface area contributed by atoms with Gasteiger partial charge in [0.25, 0.3) is 5.69 Å². The quantitative estimate of drug-likeness (QED) is 0.401. The van der Waals surface area contributed by atoms with E-state index in [1.807, 2.05) is 0 Å². The van der Waals surface area contributed by atoms with E-state index in [1.165, 1.54) is 30.3 Å². The van der Waals surface area contributed by atoms with Crippen molar-refractivity contribution in [3.05, 3.63) is 62.6 Å². The highest BCUT2D eigenvalue weighted by Gasteiger charge is 2.15. The number of rotatable bonds is 3. The highest BCUT2D eigenvalue weighted by atomic mass is 79.9. The predicted molar refractivity (Wildman–Crippen MR) is 73.9 cm³/mol. The number of esters is 1. The topological polar surface area (TPSA) is 89.7 Å². The van der Waals surface area contributed by atoms with Gasteiger partial charge in [-0.1, -0.05) is 22.0 Å². The molecule has 0 fully saturated rings. The Labute approximate surface area is 121 Å². The highest BCUT2D eigenvalue weighted by molar-refractivity contribution is 9.10. The van der Waals surface area contributed by atoms with Gasteiger partial charge in [0, 0.05) is 10.5 Å². The number of nitro groups is 1. The minimum atomic E-state index is -0.802. The number of ether oxygens (including phenoxy) is 1. The van der Waals surface area contributed by atoms with E-state index in [9.17, 15) is 20.0 Å². The van der Waals surface area contributed by atoms with E-state index < -0.39 is 10.9 Å². The minimum absolute atomic E-state index is 0.0311. The Morgan fingerprint density at radius 3 is 2.70 bits per heavy atom. The molecule has 1 N–H and O–H groups in total. The fraction of sp³-hybridized carbons (Fsp3) is 0. The summed E-state index contributed by atoms with van der Waals surface area (Å²) in [6.07, 6.45) is 0. The number of carbonyl (C=O) groups is 1. The van der Waals surface area contributed by atoms with Crippen molar-refractivity contribution >= 4 is 27.6 Å². The van der Waals surface area contributed by atoms with Gasteiger partial charge >= 0.3 is 5.97 Å². The fourth-order valence-corrected chi connectivity index (χ4v) is 1.86. The number of hydrogen-bond acceptors (Lipinski definition) is 5. The van der Waals surface area contributed by atoms with Crippen molar-refractivity contribution in [1.82, 2.24) is 0 Å². The molecule has 0 spiro atoms. The van der Waals surface area contributed by atoms with Gasteiger partial charge in [-0.25, -0.2) is 4.79 Å². The standard InChI is InChI=1S/C13H8BrNO5/c14-8-4-5-12(16)11(6-8)13(17)20-10-3-1-2-9(7-10)15(18)19/h1-7,16H. The molecule has 0 aliphatic rings. The Bertz CT molecular complexity index is 686. The second kappa shape index (κ2) is 5.70. The zero-order chi connectivity index (χ0) is 14.7. The van der Waals surface area contributed by atoms with Crippen LogP contribution in [0.3, 0.4) is 0 Å². The first-order valence-corrected chi connectivity index (χ1v) is 6.22. The van der Waals surface area contributed by atoms with Crippen LogP contribution in [0.5, 0.6) is 11.5 Å². The lowest BCUT2D eigenvalue weighted by Gasteiger charge is -2.06. The van der Waals surface area contributed by atoms with E-state index in [4.69, 9.17) is 4.74 Å². The van der Waals surface area contributed by atoms with Crippen LogP contribution in [0.15, 0.2) is 46.9 Å². The van der Waals surface area contributed by atoms with Crippen LogP contribution in [0.1, 0.15) is 10.4 Å². The molecular formula is C13H8BrNO5. The lowest BCUT2D eigenvalue weighted by molar-refractivity contribution is -0.384. The molecule has 0 aliphatic heterocycles. The van der Waals surface area contributed by atoms with Gasteiger partial charge in [0.1, 0.15) is 17.1 Å². The summed E-state index contributed by atoms with van der Waals surface area (Å²) in [5.41, 5.74) is -0.223. The Morgan fingerprint density at radius 1 is 1.25 bits per heavy atom. The zero-order valence-electron chi connectivity index (χ0n) is 9.95. The summed E-state index contributed by atoms with van der Waals surface area (Å²) in [6, 6.07) is 9.55. The molecule has 20 heavy (non-hydrogen) atoms. The number of nitrogens with zero attached hydrogens (tertiary/aromatic N) is 1. The SMILES string of the molecule is O=C(Oc1cccc([N+](=O)[O-])c1)c1cc(Br)ccc1O. The third-order valence-corrected chi connectivity index (χ3v) is 2.91. The maximum absolute atomic E-state index is 11.9. The lowest BCUT2D eigenvalue weighted by Crippen LogP contribution is -2.09. The van der Waals surface area contributed by atoms with E-state index in [0.29, 0.717) is 4.47 Å². The molecule has 0 aliphatic carbocycles. The maximum Gasteiger partial charge on any atom is 0.347 e. The molecule has 0 bridgehead atoms. The van der Waals surface area contributed by atoms with Crippen molar-refractivity contribution in [3.63, 3.8) is 0 Å². The first kappa shape index (κ1) is 14.0. The van der Waals surface area contributed by atoms with Gasteiger partial charge in [0.2, 0.25) is 0 Å².